The summed E-state index contributed by atoms with van der Waals surface area (Å²) in [5, 5.41) is 6.36. The quantitative estimate of drug-likeness (QED) is 0.641. The Morgan fingerprint density at radius 2 is 2.00 bits per heavy atom. The maximum absolute atomic E-state index is 4.22. The van der Waals surface area contributed by atoms with Crippen LogP contribution in [0.25, 0.3) is 0 Å². The molecular formula is C9H16N4. The predicted octanol–water partition coefficient (Wildman–Crippen LogP) is 1.99. The van der Waals surface area contributed by atoms with E-state index in [9.17, 15) is 0 Å². The van der Waals surface area contributed by atoms with Crippen molar-refractivity contribution in [1.29, 1.82) is 0 Å². The summed E-state index contributed by atoms with van der Waals surface area (Å²) in [6.07, 6.45) is 2.06. The summed E-state index contributed by atoms with van der Waals surface area (Å²) in [5.74, 6) is 1.71. The van der Waals surface area contributed by atoms with Crippen LogP contribution in [-0.2, 0) is 0 Å². The van der Waals surface area contributed by atoms with Crippen LogP contribution >= 0.6 is 0 Å². The highest BCUT2D eigenvalue weighted by molar-refractivity contribution is 5.68. The Morgan fingerprint density at radius 3 is 2.69 bits per heavy atom. The molecule has 4 nitrogen and oxygen atoms in total. The number of anilines is 2. The number of hydrogen-bond donors (Lipinski definition) is 2. The van der Waals surface area contributed by atoms with Crippen molar-refractivity contribution in [2.45, 2.75) is 33.9 Å². The molecule has 1 aromatic heterocycles. The molecule has 1 unspecified atom stereocenters. The van der Waals surface area contributed by atoms with Crippen LogP contribution in [0, 0.1) is 6.92 Å². The van der Waals surface area contributed by atoms with Crippen molar-refractivity contribution in [3.63, 3.8) is 0 Å². The van der Waals surface area contributed by atoms with Gasteiger partial charge in [-0.05, 0) is 13.8 Å². The molecule has 0 fully saturated rings. The van der Waals surface area contributed by atoms with E-state index in [1.807, 2.05) is 27.7 Å². The molecule has 2 rings (SSSR count). The Balaban J connectivity index is 0.000000396. The van der Waals surface area contributed by atoms with Crippen molar-refractivity contribution in [2.75, 3.05) is 10.6 Å². The molecule has 0 bridgehead atoms. The molecule has 1 aliphatic heterocycles. The first-order chi connectivity index (χ1) is 6.25. The second-order valence-corrected chi connectivity index (χ2v) is 2.69. The second kappa shape index (κ2) is 4.07. The zero-order valence-electron chi connectivity index (χ0n) is 8.55. The Bertz CT molecular complexity index is 285. The second-order valence-electron chi connectivity index (χ2n) is 2.69. The van der Waals surface area contributed by atoms with E-state index in [2.05, 4.69) is 20.6 Å². The highest BCUT2D eigenvalue weighted by atomic mass is 15.2. The Kier molecular flexibility index (Phi) is 3.06. The van der Waals surface area contributed by atoms with E-state index in [0.29, 0.717) is 0 Å². The van der Waals surface area contributed by atoms with Crippen LogP contribution in [0.5, 0.6) is 0 Å². The number of nitrogens with one attached hydrogen (secondary N) is 2. The molecule has 0 saturated heterocycles. The lowest BCUT2D eigenvalue weighted by molar-refractivity contribution is 0.949. The van der Waals surface area contributed by atoms with Crippen molar-refractivity contribution >= 4 is 11.5 Å². The summed E-state index contributed by atoms with van der Waals surface area (Å²) in [7, 11) is 0. The van der Waals surface area contributed by atoms with Gasteiger partial charge in [-0.25, -0.2) is 9.97 Å². The fourth-order valence-corrected chi connectivity index (χ4v) is 1.16. The molecule has 0 aliphatic carbocycles. The third kappa shape index (κ3) is 2.08. The lowest BCUT2D eigenvalue weighted by Gasteiger charge is -2.00. The third-order valence-corrected chi connectivity index (χ3v) is 1.63. The smallest absolute Gasteiger partial charge is 0.154 e. The van der Waals surface area contributed by atoms with Crippen LogP contribution in [-0.4, -0.2) is 16.1 Å². The number of fused-ring (bicyclic) bond motifs is 1. The van der Waals surface area contributed by atoms with Gasteiger partial charge in [-0.3, -0.25) is 0 Å². The number of rotatable bonds is 0. The molecule has 0 amide bonds. The fraction of sp³-hybridized carbons (Fsp3) is 0.556. The van der Waals surface area contributed by atoms with Crippen molar-refractivity contribution in [2.24, 2.45) is 0 Å². The van der Waals surface area contributed by atoms with Gasteiger partial charge in [0.1, 0.15) is 5.82 Å². The molecule has 0 saturated carbocycles. The van der Waals surface area contributed by atoms with Gasteiger partial charge >= 0.3 is 0 Å². The molecule has 0 aromatic carbocycles. The van der Waals surface area contributed by atoms with Crippen molar-refractivity contribution in [1.82, 2.24) is 9.97 Å². The monoisotopic (exact) mass is 180 g/mol. The SMILES string of the molecule is CC.Cc1ncc2c(n1)NC(C)N2. The van der Waals surface area contributed by atoms with E-state index in [1.54, 1.807) is 6.20 Å². The Hall–Kier alpha value is -1.32. The van der Waals surface area contributed by atoms with Crippen LogP contribution in [0.15, 0.2) is 6.20 Å². The molecule has 2 heterocycles. The maximum Gasteiger partial charge on any atom is 0.154 e. The van der Waals surface area contributed by atoms with Crippen LogP contribution in [0.4, 0.5) is 11.5 Å². The summed E-state index contributed by atoms with van der Waals surface area (Å²) in [5.41, 5.74) is 0.989. The van der Waals surface area contributed by atoms with Gasteiger partial charge in [-0.1, -0.05) is 13.8 Å². The maximum atomic E-state index is 4.22. The fourth-order valence-electron chi connectivity index (χ4n) is 1.16. The van der Waals surface area contributed by atoms with Crippen LogP contribution in [0.1, 0.15) is 26.6 Å². The van der Waals surface area contributed by atoms with Gasteiger partial charge in [-0.15, -0.1) is 0 Å². The minimum absolute atomic E-state index is 0.265. The minimum Gasteiger partial charge on any atom is -0.361 e. The van der Waals surface area contributed by atoms with Gasteiger partial charge in [0, 0.05) is 0 Å². The first-order valence-corrected chi connectivity index (χ1v) is 4.62. The van der Waals surface area contributed by atoms with Crippen molar-refractivity contribution in [3.05, 3.63) is 12.0 Å². The molecule has 0 spiro atoms. The highest BCUT2D eigenvalue weighted by Crippen LogP contribution is 2.24. The van der Waals surface area contributed by atoms with Crippen molar-refractivity contribution < 1.29 is 0 Å². The predicted molar refractivity (Wildman–Crippen MR) is 54.8 cm³/mol. The number of nitrogens with zero attached hydrogens (tertiary/aromatic N) is 2. The average molecular weight is 180 g/mol. The summed E-state index contributed by atoms with van der Waals surface area (Å²) in [6, 6.07) is 0. The van der Waals surface area contributed by atoms with Crippen LogP contribution in [0.3, 0.4) is 0 Å². The summed E-state index contributed by atoms with van der Waals surface area (Å²) >= 11 is 0. The molecule has 1 aliphatic rings. The zero-order chi connectivity index (χ0) is 9.84. The van der Waals surface area contributed by atoms with Gasteiger partial charge < -0.3 is 10.6 Å². The molecule has 1 atom stereocenters. The first kappa shape index (κ1) is 9.77. The molecule has 2 N–H and O–H groups in total. The lowest BCUT2D eigenvalue weighted by Crippen LogP contribution is -2.16. The number of aryl methyl sites for hydroxylation is 1. The molecule has 0 radical (unpaired) electrons. The largest absolute Gasteiger partial charge is 0.361 e. The molecule has 1 aromatic rings. The summed E-state index contributed by atoms with van der Waals surface area (Å²) in [6.45, 7) is 7.92. The normalized spacial score (nSPS) is 17.7. The van der Waals surface area contributed by atoms with E-state index in [0.717, 1.165) is 17.3 Å². The zero-order valence-corrected chi connectivity index (χ0v) is 8.55. The van der Waals surface area contributed by atoms with E-state index in [1.165, 1.54) is 0 Å². The van der Waals surface area contributed by atoms with Crippen LogP contribution in [0.2, 0.25) is 0 Å². The van der Waals surface area contributed by atoms with E-state index in [4.69, 9.17) is 0 Å². The van der Waals surface area contributed by atoms with Gasteiger partial charge in [0.25, 0.3) is 0 Å². The molecule has 13 heavy (non-hydrogen) atoms. The Morgan fingerprint density at radius 1 is 1.31 bits per heavy atom. The average Bonchev–Trinajstić information content (AvgIpc) is 2.48. The summed E-state index contributed by atoms with van der Waals surface area (Å²) < 4.78 is 0. The Labute approximate surface area is 78.8 Å². The van der Waals surface area contributed by atoms with Gasteiger partial charge in [0.05, 0.1) is 18.1 Å². The highest BCUT2D eigenvalue weighted by Gasteiger charge is 2.16. The molecule has 4 heteroatoms. The van der Waals surface area contributed by atoms with E-state index >= 15 is 0 Å². The number of hydrogen-bond acceptors (Lipinski definition) is 4. The van der Waals surface area contributed by atoms with E-state index in [-0.39, 0.29) is 6.17 Å². The van der Waals surface area contributed by atoms with Crippen LogP contribution < -0.4 is 10.6 Å². The van der Waals surface area contributed by atoms with Gasteiger partial charge in [0.15, 0.2) is 5.82 Å². The minimum atomic E-state index is 0.265. The van der Waals surface area contributed by atoms with Gasteiger partial charge in [-0.2, -0.15) is 0 Å². The number of aromatic nitrogens is 2. The third-order valence-electron chi connectivity index (χ3n) is 1.63. The van der Waals surface area contributed by atoms with E-state index < -0.39 is 0 Å². The molecular weight excluding hydrogens is 164 g/mol. The lowest BCUT2D eigenvalue weighted by atomic mass is 10.5. The van der Waals surface area contributed by atoms with Gasteiger partial charge in [0.2, 0.25) is 0 Å². The first-order valence-electron chi connectivity index (χ1n) is 4.62. The summed E-state index contributed by atoms with van der Waals surface area (Å²) in [4.78, 5) is 8.29. The molecule has 72 valence electrons. The van der Waals surface area contributed by atoms with Crippen molar-refractivity contribution in [3.8, 4) is 0 Å². The standard InChI is InChI=1S/C7H10N4.C2H6/c1-4-8-3-6-7(10-4)11-5(2)9-6;1-2/h3,5,9H,1-2H3,(H,8,10,11);1-2H3. The topological polar surface area (TPSA) is 49.8 Å².